The molecule has 1 saturated heterocycles. The van der Waals surface area contributed by atoms with Gasteiger partial charge in [0.2, 0.25) is 5.91 Å². The van der Waals surface area contributed by atoms with Crippen LogP contribution >= 0.6 is 11.6 Å². The predicted molar refractivity (Wildman–Crippen MR) is 104 cm³/mol. The van der Waals surface area contributed by atoms with Crippen LogP contribution in [0.25, 0.3) is 0 Å². The summed E-state index contributed by atoms with van der Waals surface area (Å²) >= 11 is 6.11. The van der Waals surface area contributed by atoms with Crippen molar-refractivity contribution in [3.8, 4) is 0 Å². The number of carbonyl (C=O) groups is 2. The summed E-state index contributed by atoms with van der Waals surface area (Å²) in [5.74, 6) is -0.125. The van der Waals surface area contributed by atoms with Crippen LogP contribution in [-0.4, -0.2) is 29.8 Å². The first-order valence-corrected chi connectivity index (χ1v) is 9.50. The number of likely N-dealkylation sites (tertiary alicyclic amines) is 1. The topological polar surface area (TPSA) is 49.4 Å². The van der Waals surface area contributed by atoms with E-state index in [1.54, 1.807) is 30.3 Å². The molecule has 0 radical (unpaired) electrons. The molecule has 142 valence electrons. The Balaban J connectivity index is 1.44. The van der Waals surface area contributed by atoms with Crippen LogP contribution in [0.1, 0.15) is 36.0 Å². The van der Waals surface area contributed by atoms with Crippen LogP contribution in [0.15, 0.2) is 48.5 Å². The minimum absolute atomic E-state index is 0.0390. The van der Waals surface area contributed by atoms with Gasteiger partial charge < -0.3 is 10.2 Å². The molecule has 1 aliphatic rings. The Hall–Kier alpha value is -2.40. The first kappa shape index (κ1) is 19.4. The molecular weight excluding hydrogens is 367 g/mol. The van der Waals surface area contributed by atoms with Gasteiger partial charge in [-0.1, -0.05) is 29.8 Å². The van der Waals surface area contributed by atoms with Gasteiger partial charge in [0.25, 0.3) is 5.91 Å². The SMILES string of the molecule is O=C(CCC1CCN(C(=O)c2ccccc2Cl)CC1)Nc1cccc(F)c1. The van der Waals surface area contributed by atoms with Gasteiger partial charge in [0, 0.05) is 25.2 Å². The number of nitrogens with one attached hydrogen (secondary N) is 1. The number of nitrogens with zero attached hydrogens (tertiary/aromatic N) is 1. The second-order valence-corrected chi connectivity index (χ2v) is 7.22. The first-order valence-electron chi connectivity index (χ1n) is 9.12. The van der Waals surface area contributed by atoms with E-state index in [1.807, 2.05) is 11.0 Å². The highest BCUT2D eigenvalue weighted by Gasteiger charge is 2.25. The second-order valence-electron chi connectivity index (χ2n) is 6.81. The number of anilines is 1. The molecule has 0 aliphatic carbocycles. The molecule has 2 amide bonds. The van der Waals surface area contributed by atoms with E-state index in [1.165, 1.54) is 12.1 Å². The van der Waals surface area contributed by atoms with Crippen LogP contribution in [0.4, 0.5) is 10.1 Å². The number of piperidine rings is 1. The van der Waals surface area contributed by atoms with Crippen molar-refractivity contribution in [2.75, 3.05) is 18.4 Å². The molecule has 0 unspecified atom stereocenters. The van der Waals surface area contributed by atoms with Gasteiger partial charge in [-0.2, -0.15) is 0 Å². The molecule has 1 N–H and O–H groups in total. The molecule has 1 fully saturated rings. The molecule has 2 aromatic rings. The number of hydrogen-bond acceptors (Lipinski definition) is 2. The molecule has 1 heterocycles. The normalized spacial score (nSPS) is 14.8. The van der Waals surface area contributed by atoms with Crippen molar-refractivity contribution >= 4 is 29.1 Å². The summed E-state index contributed by atoms with van der Waals surface area (Å²) in [5.41, 5.74) is 1.01. The molecule has 3 rings (SSSR count). The quantitative estimate of drug-likeness (QED) is 0.803. The lowest BCUT2D eigenvalue weighted by molar-refractivity contribution is -0.116. The smallest absolute Gasteiger partial charge is 0.255 e. The maximum Gasteiger partial charge on any atom is 0.255 e. The van der Waals surface area contributed by atoms with E-state index < -0.39 is 0 Å². The number of carbonyl (C=O) groups excluding carboxylic acids is 2. The molecule has 0 spiro atoms. The Kier molecular flexibility index (Phi) is 6.45. The van der Waals surface area contributed by atoms with Crippen LogP contribution in [0.3, 0.4) is 0 Å². The predicted octanol–water partition coefficient (Wildman–Crippen LogP) is 4.75. The molecule has 6 heteroatoms. The average Bonchev–Trinajstić information content (AvgIpc) is 2.67. The molecule has 2 aromatic carbocycles. The van der Waals surface area contributed by atoms with Crippen LogP contribution in [0.2, 0.25) is 5.02 Å². The average molecular weight is 389 g/mol. The van der Waals surface area contributed by atoms with Gasteiger partial charge in [0.1, 0.15) is 5.82 Å². The Morgan fingerprint density at radius 1 is 1.11 bits per heavy atom. The summed E-state index contributed by atoms with van der Waals surface area (Å²) in [5, 5.41) is 3.19. The van der Waals surface area contributed by atoms with E-state index >= 15 is 0 Å². The van der Waals surface area contributed by atoms with Crippen LogP contribution < -0.4 is 5.32 Å². The highest BCUT2D eigenvalue weighted by molar-refractivity contribution is 6.33. The van der Waals surface area contributed by atoms with Crippen molar-refractivity contribution < 1.29 is 14.0 Å². The molecule has 1 aliphatic heterocycles. The molecule has 0 saturated carbocycles. The zero-order valence-electron chi connectivity index (χ0n) is 15.0. The summed E-state index contributed by atoms with van der Waals surface area (Å²) in [7, 11) is 0. The molecule has 0 aromatic heterocycles. The van der Waals surface area contributed by atoms with Gasteiger partial charge >= 0.3 is 0 Å². The zero-order chi connectivity index (χ0) is 19.2. The van der Waals surface area contributed by atoms with E-state index in [0.717, 1.165) is 19.3 Å². The Morgan fingerprint density at radius 3 is 2.56 bits per heavy atom. The summed E-state index contributed by atoms with van der Waals surface area (Å²) < 4.78 is 13.2. The lowest BCUT2D eigenvalue weighted by Crippen LogP contribution is -2.38. The van der Waals surface area contributed by atoms with E-state index in [4.69, 9.17) is 11.6 Å². The van der Waals surface area contributed by atoms with Gasteiger partial charge in [-0.25, -0.2) is 4.39 Å². The van der Waals surface area contributed by atoms with Crippen molar-refractivity contribution in [2.24, 2.45) is 5.92 Å². The molecule has 27 heavy (non-hydrogen) atoms. The standard InChI is InChI=1S/C21H22ClFN2O2/c22-19-7-2-1-6-18(19)21(27)25-12-10-15(11-13-25)8-9-20(26)24-17-5-3-4-16(23)14-17/h1-7,14-15H,8-13H2,(H,24,26). The Labute approximate surface area is 163 Å². The minimum atomic E-state index is -0.372. The summed E-state index contributed by atoms with van der Waals surface area (Å²) in [4.78, 5) is 26.4. The van der Waals surface area contributed by atoms with Crippen LogP contribution in [0, 0.1) is 11.7 Å². The highest BCUT2D eigenvalue weighted by Crippen LogP contribution is 2.25. The maximum absolute atomic E-state index is 13.2. The fourth-order valence-corrected chi connectivity index (χ4v) is 3.57. The monoisotopic (exact) mass is 388 g/mol. The van der Waals surface area contributed by atoms with Gasteiger partial charge in [0.15, 0.2) is 0 Å². The van der Waals surface area contributed by atoms with E-state index in [0.29, 0.717) is 41.7 Å². The van der Waals surface area contributed by atoms with E-state index in [9.17, 15) is 14.0 Å². The summed E-state index contributed by atoms with van der Waals surface area (Å²) in [6.45, 7) is 1.33. The third-order valence-electron chi connectivity index (χ3n) is 4.89. The molecular formula is C21H22ClFN2O2. The van der Waals surface area contributed by atoms with Gasteiger partial charge in [0.05, 0.1) is 10.6 Å². The number of halogens is 2. The lowest BCUT2D eigenvalue weighted by atomic mass is 9.91. The Bertz CT molecular complexity index is 819. The van der Waals surface area contributed by atoms with Crippen molar-refractivity contribution in [1.82, 2.24) is 4.90 Å². The fourth-order valence-electron chi connectivity index (χ4n) is 3.35. The molecule has 0 atom stereocenters. The highest BCUT2D eigenvalue weighted by atomic mass is 35.5. The van der Waals surface area contributed by atoms with Gasteiger partial charge in [-0.3, -0.25) is 9.59 Å². The lowest BCUT2D eigenvalue weighted by Gasteiger charge is -2.32. The molecule has 4 nitrogen and oxygen atoms in total. The summed E-state index contributed by atoms with van der Waals surface area (Å²) in [6.07, 6.45) is 2.88. The summed E-state index contributed by atoms with van der Waals surface area (Å²) in [6, 6.07) is 13.0. The zero-order valence-corrected chi connectivity index (χ0v) is 15.7. The maximum atomic E-state index is 13.2. The number of benzene rings is 2. The van der Waals surface area contributed by atoms with Gasteiger partial charge in [-0.05, 0) is 55.5 Å². The minimum Gasteiger partial charge on any atom is -0.339 e. The number of hydrogen-bond donors (Lipinski definition) is 1. The van der Waals surface area contributed by atoms with Crippen molar-refractivity contribution in [2.45, 2.75) is 25.7 Å². The molecule has 0 bridgehead atoms. The number of rotatable bonds is 5. The van der Waals surface area contributed by atoms with Crippen LogP contribution in [0.5, 0.6) is 0 Å². The van der Waals surface area contributed by atoms with Gasteiger partial charge in [-0.15, -0.1) is 0 Å². The first-order chi connectivity index (χ1) is 13.0. The largest absolute Gasteiger partial charge is 0.339 e. The third kappa shape index (κ3) is 5.30. The van der Waals surface area contributed by atoms with E-state index in [-0.39, 0.29) is 17.6 Å². The van der Waals surface area contributed by atoms with Crippen molar-refractivity contribution in [3.63, 3.8) is 0 Å². The van der Waals surface area contributed by atoms with Crippen molar-refractivity contribution in [1.29, 1.82) is 0 Å². The van der Waals surface area contributed by atoms with Crippen molar-refractivity contribution in [3.05, 3.63) is 64.9 Å². The Morgan fingerprint density at radius 2 is 1.85 bits per heavy atom. The second kappa shape index (κ2) is 9.00. The fraction of sp³-hybridized carbons (Fsp3) is 0.333. The van der Waals surface area contributed by atoms with Crippen LogP contribution in [-0.2, 0) is 4.79 Å². The number of amides is 2. The third-order valence-corrected chi connectivity index (χ3v) is 5.22. The van der Waals surface area contributed by atoms with E-state index in [2.05, 4.69) is 5.32 Å².